The van der Waals surface area contributed by atoms with Crippen molar-refractivity contribution < 1.29 is 13.6 Å². The number of aromatic nitrogens is 1. The van der Waals surface area contributed by atoms with Crippen LogP contribution in [0.15, 0.2) is 42.6 Å². The van der Waals surface area contributed by atoms with Crippen molar-refractivity contribution in [3.05, 3.63) is 59.9 Å². The average molecular weight is 291 g/mol. The fourth-order valence-corrected chi connectivity index (χ4v) is 1.71. The smallest absolute Gasteiger partial charge is 0.222 e. The van der Waals surface area contributed by atoms with E-state index in [2.05, 4.69) is 15.6 Å². The first kappa shape index (κ1) is 14.9. The van der Waals surface area contributed by atoms with Crippen LogP contribution in [0.25, 0.3) is 0 Å². The monoisotopic (exact) mass is 291 g/mol. The average Bonchev–Trinajstić information content (AvgIpc) is 2.50. The summed E-state index contributed by atoms with van der Waals surface area (Å²) in [6.07, 6.45) is 1.89. The molecule has 2 N–H and O–H groups in total. The maximum atomic E-state index is 13.0. The van der Waals surface area contributed by atoms with Gasteiger partial charge in [-0.3, -0.25) is 9.78 Å². The number of halogens is 2. The van der Waals surface area contributed by atoms with E-state index in [1.807, 2.05) is 12.1 Å². The molecule has 1 heterocycles. The van der Waals surface area contributed by atoms with E-state index in [-0.39, 0.29) is 12.3 Å². The molecule has 1 aromatic heterocycles. The van der Waals surface area contributed by atoms with E-state index in [1.54, 1.807) is 12.3 Å². The summed E-state index contributed by atoms with van der Waals surface area (Å²) in [7, 11) is 0. The second-order valence-electron chi connectivity index (χ2n) is 4.40. The van der Waals surface area contributed by atoms with Crippen molar-refractivity contribution in [3.63, 3.8) is 0 Å². The summed E-state index contributed by atoms with van der Waals surface area (Å²) in [5, 5.41) is 5.59. The van der Waals surface area contributed by atoms with E-state index in [1.165, 1.54) is 6.07 Å². The molecule has 21 heavy (non-hydrogen) atoms. The first-order chi connectivity index (χ1) is 10.1. The van der Waals surface area contributed by atoms with Crippen LogP contribution in [0.2, 0.25) is 0 Å². The maximum absolute atomic E-state index is 13.0. The normalized spacial score (nSPS) is 10.2. The number of hydrogen-bond acceptors (Lipinski definition) is 3. The van der Waals surface area contributed by atoms with Crippen molar-refractivity contribution in [2.24, 2.45) is 0 Å². The minimum Gasteiger partial charge on any atom is -0.384 e. The van der Waals surface area contributed by atoms with Crippen molar-refractivity contribution >= 4 is 11.6 Å². The van der Waals surface area contributed by atoms with Gasteiger partial charge >= 0.3 is 0 Å². The number of nitrogens with zero attached hydrogens (tertiary/aromatic N) is 1. The Balaban J connectivity index is 1.70. The molecular weight excluding hydrogens is 276 g/mol. The second-order valence-corrected chi connectivity index (χ2v) is 4.40. The molecule has 2 rings (SSSR count). The van der Waals surface area contributed by atoms with Gasteiger partial charge in [-0.1, -0.05) is 6.07 Å². The predicted octanol–water partition coefficient (Wildman–Crippen LogP) is 2.48. The standard InChI is InChI=1S/C15H15F2N3O/c16-13-5-4-11(9-14(13)17)19-8-6-15(21)20-10-12-3-1-2-7-18-12/h1-5,7,9,19H,6,8,10H2,(H,20,21). The highest BCUT2D eigenvalue weighted by molar-refractivity contribution is 5.76. The molecule has 6 heteroatoms. The molecule has 2 aromatic rings. The zero-order valence-corrected chi connectivity index (χ0v) is 11.3. The molecule has 0 bridgehead atoms. The fraction of sp³-hybridized carbons (Fsp3) is 0.200. The molecule has 1 aromatic carbocycles. The summed E-state index contributed by atoms with van der Waals surface area (Å²) in [4.78, 5) is 15.7. The van der Waals surface area contributed by atoms with E-state index in [0.29, 0.717) is 18.8 Å². The number of benzene rings is 1. The largest absolute Gasteiger partial charge is 0.384 e. The van der Waals surface area contributed by atoms with Crippen LogP contribution in [0.5, 0.6) is 0 Å². The summed E-state index contributed by atoms with van der Waals surface area (Å²) in [5.41, 5.74) is 1.21. The molecule has 4 nitrogen and oxygen atoms in total. The van der Waals surface area contributed by atoms with E-state index < -0.39 is 11.6 Å². The lowest BCUT2D eigenvalue weighted by Crippen LogP contribution is -2.25. The molecule has 0 unspecified atom stereocenters. The van der Waals surface area contributed by atoms with E-state index in [9.17, 15) is 13.6 Å². The van der Waals surface area contributed by atoms with E-state index in [4.69, 9.17) is 0 Å². The van der Waals surface area contributed by atoms with Crippen LogP contribution in [-0.2, 0) is 11.3 Å². The highest BCUT2D eigenvalue weighted by Crippen LogP contribution is 2.12. The zero-order valence-electron chi connectivity index (χ0n) is 11.3. The molecule has 110 valence electrons. The van der Waals surface area contributed by atoms with Gasteiger partial charge in [0.05, 0.1) is 12.2 Å². The van der Waals surface area contributed by atoms with Crippen LogP contribution in [0.3, 0.4) is 0 Å². The van der Waals surface area contributed by atoms with Gasteiger partial charge in [-0.05, 0) is 30.3 Å². The topological polar surface area (TPSA) is 54.0 Å². The van der Waals surface area contributed by atoms with Gasteiger partial charge in [0.2, 0.25) is 5.91 Å². The molecular formula is C15H15F2N3O. The van der Waals surface area contributed by atoms with Gasteiger partial charge in [0.25, 0.3) is 0 Å². The van der Waals surface area contributed by atoms with Gasteiger partial charge in [-0.15, -0.1) is 0 Å². The number of pyridine rings is 1. The molecule has 0 aliphatic carbocycles. The van der Waals surface area contributed by atoms with Crippen molar-refractivity contribution in [2.75, 3.05) is 11.9 Å². The number of amides is 1. The molecule has 0 aliphatic rings. The van der Waals surface area contributed by atoms with Crippen LogP contribution < -0.4 is 10.6 Å². The summed E-state index contributed by atoms with van der Waals surface area (Å²) in [6, 6.07) is 8.99. The Hall–Kier alpha value is -2.50. The van der Waals surface area contributed by atoms with Gasteiger partial charge in [0, 0.05) is 24.8 Å². The number of nitrogens with one attached hydrogen (secondary N) is 2. The van der Waals surface area contributed by atoms with Crippen molar-refractivity contribution in [2.45, 2.75) is 13.0 Å². The van der Waals surface area contributed by atoms with Crippen LogP contribution in [0.4, 0.5) is 14.5 Å². The Bertz CT molecular complexity index is 605. The highest BCUT2D eigenvalue weighted by atomic mass is 19.2. The van der Waals surface area contributed by atoms with Gasteiger partial charge in [0.1, 0.15) is 0 Å². The summed E-state index contributed by atoms with van der Waals surface area (Å²) >= 11 is 0. The molecule has 0 saturated carbocycles. The number of rotatable bonds is 6. The third-order valence-corrected chi connectivity index (χ3v) is 2.79. The number of anilines is 1. The van der Waals surface area contributed by atoms with Gasteiger partial charge in [0.15, 0.2) is 11.6 Å². The Morgan fingerprint density at radius 1 is 1.14 bits per heavy atom. The number of carbonyl (C=O) groups excluding carboxylic acids is 1. The molecule has 0 aliphatic heterocycles. The molecule has 0 spiro atoms. The SMILES string of the molecule is O=C(CCNc1ccc(F)c(F)c1)NCc1ccccn1. The van der Waals surface area contributed by atoms with Crippen molar-refractivity contribution in [1.29, 1.82) is 0 Å². The molecule has 0 fully saturated rings. The summed E-state index contributed by atoms with van der Waals surface area (Å²) < 4.78 is 25.7. The third-order valence-electron chi connectivity index (χ3n) is 2.79. The van der Waals surface area contributed by atoms with Gasteiger partial charge < -0.3 is 10.6 Å². The molecule has 1 amide bonds. The predicted molar refractivity (Wildman–Crippen MR) is 75.5 cm³/mol. The number of carbonyl (C=O) groups is 1. The highest BCUT2D eigenvalue weighted by Gasteiger charge is 2.04. The van der Waals surface area contributed by atoms with Crippen molar-refractivity contribution in [1.82, 2.24) is 10.3 Å². The zero-order chi connectivity index (χ0) is 15.1. The maximum Gasteiger partial charge on any atom is 0.222 e. The summed E-state index contributed by atoms with van der Waals surface area (Å²) in [6.45, 7) is 0.698. The van der Waals surface area contributed by atoms with Crippen LogP contribution in [0.1, 0.15) is 12.1 Å². The Morgan fingerprint density at radius 3 is 2.71 bits per heavy atom. The fourth-order valence-electron chi connectivity index (χ4n) is 1.71. The lowest BCUT2D eigenvalue weighted by molar-refractivity contribution is -0.121. The number of hydrogen-bond donors (Lipinski definition) is 2. The minimum absolute atomic E-state index is 0.143. The molecule has 0 saturated heterocycles. The Morgan fingerprint density at radius 2 is 2.00 bits per heavy atom. The first-order valence-corrected chi connectivity index (χ1v) is 6.50. The van der Waals surface area contributed by atoms with Crippen LogP contribution in [-0.4, -0.2) is 17.4 Å². The first-order valence-electron chi connectivity index (χ1n) is 6.50. The quantitative estimate of drug-likeness (QED) is 0.859. The van der Waals surface area contributed by atoms with E-state index >= 15 is 0 Å². The van der Waals surface area contributed by atoms with Gasteiger partial charge in [-0.25, -0.2) is 8.78 Å². The third kappa shape index (κ3) is 4.83. The molecule has 0 atom stereocenters. The lowest BCUT2D eigenvalue weighted by Gasteiger charge is -2.07. The van der Waals surface area contributed by atoms with Crippen LogP contribution in [0, 0.1) is 11.6 Å². The lowest BCUT2D eigenvalue weighted by atomic mass is 10.3. The minimum atomic E-state index is -0.917. The summed E-state index contributed by atoms with van der Waals surface area (Å²) in [5.74, 6) is -1.95. The molecule has 0 radical (unpaired) electrons. The second kappa shape index (κ2) is 7.33. The van der Waals surface area contributed by atoms with Gasteiger partial charge in [-0.2, -0.15) is 0 Å². The van der Waals surface area contributed by atoms with Crippen LogP contribution >= 0.6 is 0 Å². The van der Waals surface area contributed by atoms with Crippen molar-refractivity contribution in [3.8, 4) is 0 Å². The van der Waals surface area contributed by atoms with E-state index in [0.717, 1.165) is 17.8 Å². The Labute approximate surface area is 121 Å². The Kier molecular flexibility index (Phi) is 5.20.